The van der Waals surface area contributed by atoms with E-state index in [2.05, 4.69) is 15.9 Å². The van der Waals surface area contributed by atoms with E-state index in [1.54, 1.807) is 38.5 Å². The van der Waals surface area contributed by atoms with E-state index in [9.17, 15) is 0 Å². The molecular weight excluding hydrogens is 354 g/mol. The summed E-state index contributed by atoms with van der Waals surface area (Å²) in [7, 11) is 3.16. The molecule has 6 heteroatoms. The molecule has 0 amide bonds. The maximum atomic E-state index is 5.86. The molecule has 4 nitrogen and oxygen atoms in total. The van der Waals surface area contributed by atoms with Gasteiger partial charge >= 0.3 is 0 Å². The first-order chi connectivity index (χ1) is 10.0. The molecule has 0 saturated carbocycles. The van der Waals surface area contributed by atoms with Gasteiger partial charge in [0.05, 0.1) is 19.8 Å². The summed E-state index contributed by atoms with van der Waals surface area (Å²) in [5.74, 6) is 2.42. The third kappa shape index (κ3) is 3.86. The van der Waals surface area contributed by atoms with E-state index in [0.717, 1.165) is 4.47 Å². The van der Waals surface area contributed by atoms with Crippen LogP contribution in [-0.2, 0) is 0 Å². The molecule has 110 valence electrons. The molecule has 0 bridgehead atoms. The number of hydrogen-bond acceptors (Lipinski definition) is 4. The number of rotatable bonds is 5. The molecule has 0 saturated heterocycles. The van der Waals surface area contributed by atoms with Gasteiger partial charge in [0.2, 0.25) is 0 Å². The molecule has 0 aliphatic heterocycles. The summed E-state index contributed by atoms with van der Waals surface area (Å²) in [5.41, 5.74) is 6.38. The van der Waals surface area contributed by atoms with Crippen LogP contribution >= 0.6 is 28.1 Å². The first-order valence-corrected chi connectivity index (χ1v) is 7.24. The number of ether oxygens (including phenoxy) is 3. The van der Waals surface area contributed by atoms with Crippen molar-refractivity contribution in [3.05, 3.63) is 46.4 Å². The summed E-state index contributed by atoms with van der Waals surface area (Å²) in [5, 5.41) is 0. The molecule has 0 aliphatic rings. The van der Waals surface area contributed by atoms with Crippen LogP contribution in [0.5, 0.6) is 23.0 Å². The Morgan fingerprint density at radius 3 is 2.10 bits per heavy atom. The Bertz CT molecular complexity index is 654. The van der Waals surface area contributed by atoms with Crippen molar-refractivity contribution in [1.82, 2.24) is 0 Å². The first-order valence-electron chi connectivity index (χ1n) is 6.03. The van der Waals surface area contributed by atoms with Gasteiger partial charge in [-0.2, -0.15) is 0 Å². The van der Waals surface area contributed by atoms with Gasteiger partial charge in [-0.15, -0.1) is 0 Å². The molecule has 2 aromatic carbocycles. The number of hydrogen-bond donors (Lipinski definition) is 1. The van der Waals surface area contributed by atoms with Gasteiger partial charge in [0, 0.05) is 22.7 Å². The van der Waals surface area contributed by atoms with Crippen LogP contribution in [0.3, 0.4) is 0 Å². The van der Waals surface area contributed by atoms with E-state index in [1.807, 2.05) is 12.1 Å². The summed E-state index contributed by atoms with van der Waals surface area (Å²) in [4.78, 5) is 0.265. The van der Waals surface area contributed by atoms with Crippen molar-refractivity contribution < 1.29 is 14.2 Å². The quantitative estimate of drug-likeness (QED) is 0.812. The zero-order chi connectivity index (χ0) is 15.4. The highest BCUT2D eigenvalue weighted by molar-refractivity contribution is 9.10. The average Bonchev–Trinajstić information content (AvgIpc) is 2.48. The topological polar surface area (TPSA) is 53.7 Å². The molecule has 0 fully saturated rings. The Morgan fingerprint density at radius 1 is 1.00 bits per heavy atom. The molecule has 0 aliphatic carbocycles. The molecule has 0 unspecified atom stereocenters. The number of methoxy groups -OCH3 is 2. The molecule has 2 N–H and O–H groups in total. The zero-order valence-corrected chi connectivity index (χ0v) is 14.0. The highest BCUT2D eigenvalue weighted by Gasteiger charge is 2.10. The van der Waals surface area contributed by atoms with Crippen LogP contribution in [0.2, 0.25) is 0 Å². The Morgan fingerprint density at radius 2 is 1.57 bits per heavy atom. The first kappa shape index (κ1) is 15.6. The second kappa shape index (κ2) is 6.78. The fraction of sp³-hybridized carbons (Fsp3) is 0.133. The third-order valence-electron chi connectivity index (χ3n) is 2.76. The molecule has 0 spiro atoms. The molecule has 0 atom stereocenters. The van der Waals surface area contributed by atoms with Crippen LogP contribution in [0.4, 0.5) is 0 Å². The number of halogens is 1. The average molecular weight is 368 g/mol. The minimum absolute atomic E-state index is 0.265. The maximum absolute atomic E-state index is 5.86. The van der Waals surface area contributed by atoms with Crippen molar-refractivity contribution in [2.45, 2.75) is 0 Å². The molecule has 0 heterocycles. The minimum Gasteiger partial charge on any atom is -0.496 e. The molecule has 2 rings (SSSR count). The van der Waals surface area contributed by atoms with Crippen LogP contribution in [0.15, 0.2) is 40.9 Å². The van der Waals surface area contributed by atoms with Crippen LogP contribution in [0.1, 0.15) is 5.56 Å². The van der Waals surface area contributed by atoms with E-state index in [4.69, 9.17) is 32.2 Å². The van der Waals surface area contributed by atoms with Gasteiger partial charge in [0.15, 0.2) is 0 Å². The lowest BCUT2D eigenvalue weighted by Crippen LogP contribution is -2.10. The van der Waals surface area contributed by atoms with Gasteiger partial charge in [-0.1, -0.05) is 28.1 Å². The molecule has 21 heavy (non-hydrogen) atoms. The van der Waals surface area contributed by atoms with Crippen molar-refractivity contribution in [2.24, 2.45) is 5.73 Å². The Balaban J connectivity index is 2.40. The van der Waals surface area contributed by atoms with Crippen molar-refractivity contribution in [3.63, 3.8) is 0 Å². The van der Waals surface area contributed by atoms with Gasteiger partial charge in [-0.3, -0.25) is 0 Å². The van der Waals surface area contributed by atoms with Crippen molar-refractivity contribution in [2.75, 3.05) is 14.2 Å². The van der Waals surface area contributed by atoms with Gasteiger partial charge in [-0.25, -0.2) is 0 Å². The van der Waals surface area contributed by atoms with E-state index in [-0.39, 0.29) is 4.99 Å². The highest BCUT2D eigenvalue weighted by atomic mass is 79.9. The Hall–Kier alpha value is -1.79. The predicted octanol–water partition coefficient (Wildman–Crippen LogP) is 3.89. The summed E-state index contributed by atoms with van der Waals surface area (Å²) >= 11 is 8.44. The van der Waals surface area contributed by atoms with E-state index in [1.165, 1.54) is 0 Å². The summed E-state index contributed by atoms with van der Waals surface area (Å²) in [6.07, 6.45) is 0. The second-order valence-corrected chi connectivity index (χ2v) is 5.51. The van der Waals surface area contributed by atoms with Crippen LogP contribution in [-0.4, -0.2) is 19.2 Å². The number of benzene rings is 2. The van der Waals surface area contributed by atoms with Crippen molar-refractivity contribution in [1.29, 1.82) is 0 Å². The zero-order valence-electron chi connectivity index (χ0n) is 11.6. The standard InChI is InChI=1S/C15H14BrNO3S/c1-18-10-6-11(19-2)8-12(7-10)20-14-4-3-9(16)5-13(14)15(17)21/h3-8H,1-2H3,(H2,17,21). The summed E-state index contributed by atoms with van der Waals surface area (Å²) in [6, 6.07) is 10.7. The second-order valence-electron chi connectivity index (χ2n) is 4.16. The largest absolute Gasteiger partial charge is 0.496 e. The summed E-state index contributed by atoms with van der Waals surface area (Å²) < 4.78 is 17.2. The molecule has 0 radical (unpaired) electrons. The Kier molecular flexibility index (Phi) is 5.03. The van der Waals surface area contributed by atoms with Crippen LogP contribution in [0, 0.1) is 0 Å². The highest BCUT2D eigenvalue weighted by Crippen LogP contribution is 2.33. The third-order valence-corrected chi connectivity index (χ3v) is 3.47. The Labute approximate surface area is 136 Å². The van der Waals surface area contributed by atoms with E-state index >= 15 is 0 Å². The smallest absolute Gasteiger partial charge is 0.137 e. The molecule has 0 aromatic heterocycles. The molecular formula is C15H14BrNO3S. The maximum Gasteiger partial charge on any atom is 0.137 e. The molecule has 2 aromatic rings. The lowest BCUT2D eigenvalue weighted by molar-refractivity contribution is 0.386. The summed E-state index contributed by atoms with van der Waals surface area (Å²) in [6.45, 7) is 0. The fourth-order valence-electron chi connectivity index (χ4n) is 1.75. The SMILES string of the molecule is COc1cc(OC)cc(Oc2ccc(Br)cc2C(N)=S)c1. The van der Waals surface area contributed by atoms with E-state index in [0.29, 0.717) is 28.6 Å². The van der Waals surface area contributed by atoms with Crippen LogP contribution in [0.25, 0.3) is 0 Å². The normalized spacial score (nSPS) is 10.0. The number of nitrogens with two attached hydrogens (primary N) is 1. The monoisotopic (exact) mass is 367 g/mol. The fourth-order valence-corrected chi connectivity index (χ4v) is 2.27. The minimum atomic E-state index is 0.265. The number of thiocarbonyl (C=S) groups is 1. The van der Waals surface area contributed by atoms with Gasteiger partial charge in [0.25, 0.3) is 0 Å². The lowest BCUT2D eigenvalue weighted by atomic mass is 10.2. The van der Waals surface area contributed by atoms with Crippen molar-refractivity contribution in [3.8, 4) is 23.0 Å². The van der Waals surface area contributed by atoms with Crippen molar-refractivity contribution >= 4 is 33.1 Å². The lowest BCUT2D eigenvalue weighted by Gasteiger charge is -2.13. The van der Waals surface area contributed by atoms with Gasteiger partial charge in [-0.05, 0) is 18.2 Å². The van der Waals surface area contributed by atoms with Gasteiger partial charge < -0.3 is 19.9 Å². The van der Waals surface area contributed by atoms with Gasteiger partial charge in [0.1, 0.15) is 28.0 Å². The van der Waals surface area contributed by atoms with E-state index < -0.39 is 0 Å². The van der Waals surface area contributed by atoms with Crippen LogP contribution < -0.4 is 19.9 Å². The predicted molar refractivity (Wildman–Crippen MR) is 89.6 cm³/mol.